The minimum absolute atomic E-state index is 0.0687. The molecule has 1 heterocycles. The summed E-state index contributed by atoms with van der Waals surface area (Å²) >= 11 is 0. The van der Waals surface area contributed by atoms with Crippen molar-refractivity contribution in [3.63, 3.8) is 0 Å². The van der Waals surface area contributed by atoms with Crippen LogP contribution in [0.4, 0.5) is 5.69 Å². The molecule has 1 aliphatic rings. The van der Waals surface area contributed by atoms with Crippen LogP contribution in [0, 0.1) is 0 Å². The van der Waals surface area contributed by atoms with E-state index in [0.717, 1.165) is 5.56 Å². The van der Waals surface area contributed by atoms with Crippen LogP contribution in [0.15, 0.2) is 72.8 Å². The van der Waals surface area contributed by atoms with E-state index in [4.69, 9.17) is 9.47 Å². The van der Waals surface area contributed by atoms with E-state index in [1.807, 2.05) is 30.3 Å². The average molecular weight is 458 g/mol. The third-order valence-corrected chi connectivity index (χ3v) is 5.54. The maximum atomic E-state index is 13.0. The molecule has 8 nitrogen and oxygen atoms in total. The van der Waals surface area contributed by atoms with Crippen molar-refractivity contribution in [3.8, 4) is 5.75 Å². The monoisotopic (exact) mass is 458 g/mol. The zero-order valence-corrected chi connectivity index (χ0v) is 18.6. The number of fused-ring (bicyclic) bond motifs is 1. The SMILES string of the molecule is COc1ccccc1NC(=O)COC(=O)c1ccc2c(c1)C(=O)N([C@@H](C)c1ccccc1)C2=O. The van der Waals surface area contributed by atoms with Crippen molar-refractivity contribution in [2.24, 2.45) is 0 Å². The van der Waals surface area contributed by atoms with Gasteiger partial charge in [-0.1, -0.05) is 42.5 Å². The molecule has 34 heavy (non-hydrogen) atoms. The minimum atomic E-state index is -0.784. The summed E-state index contributed by atoms with van der Waals surface area (Å²) < 4.78 is 10.3. The molecule has 4 rings (SSSR count). The molecule has 0 unspecified atom stereocenters. The molecule has 3 amide bonds. The summed E-state index contributed by atoms with van der Waals surface area (Å²) in [5.41, 5.74) is 1.68. The van der Waals surface area contributed by atoms with E-state index in [9.17, 15) is 19.2 Å². The molecule has 0 aliphatic carbocycles. The molecule has 3 aromatic carbocycles. The second-order valence-corrected chi connectivity index (χ2v) is 7.65. The first-order valence-electron chi connectivity index (χ1n) is 10.6. The number of carbonyl (C=O) groups is 4. The quantitative estimate of drug-likeness (QED) is 0.426. The largest absolute Gasteiger partial charge is 0.495 e. The van der Waals surface area contributed by atoms with Gasteiger partial charge in [0.15, 0.2) is 6.61 Å². The van der Waals surface area contributed by atoms with Gasteiger partial charge in [0.2, 0.25) is 0 Å². The number of methoxy groups -OCH3 is 1. The Morgan fingerprint density at radius 2 is 1.59 bits per heavy atom. The van der Waals surface area contributed by atoms with Gasteiger partial charge in [0, 0.05) is 0 Å². The smallest absolute Gasteiger partial charge is 0.338 e. The molecule has 172 valence electrons. The predicted octanol–water partition coefficient (Wildman–Crippen LogP) is 3.85. The van der Waals surface area contributed by atoms with Crippen LogP contribution >= 0.6 is 0 Å². The molecule has 0 spiro atoms. The van der Waals surface area contributed by atoms with Crippen molar-refractivity contribution < 1.29 is 28.7 Å². The number of esters is 1. The summed E-state index contributed by atoms with van der Waals surface area (Å²) in [5, 5.41) is 2.61. The Kier molecular flexibility index (Phi) is 6.40. The standard InChI is InChI=1S/C26H22N2O6/c1-16(17-8-4-3-5-9-17)28-24(30)19-13-12-18(14-20(19)25(28)31)26(32)34-15-23(29)27-21-10-6-7-11-22(21)33-2/h3-14,16H,15H2,1-2H3,(H,27,29)/t16-/m0/s1. The molecule has 0 aromatic heterocycles. The third-order valence-electron chi connectivity index (χ3n) is 5.54. The summed E-state index contributed by atoms with van der Waals surface area (Å²) in [6.07, 6.45) is 0. The highest BCUT2D eigenvalue weighted by Crippen LogP contribution is 2.32. The lowest BCUT2D eigenvalue weighted by Gasteiger charge is -2.22. The van der Waals surface area contributed by atoms with Crippen LogP contribution in [-0.4, -0.2) is 42.3 Å². The molecular weight excluding hydrogens is 436 g/mol. The average Bonchev–Trinajstić information content (AvgIpc) is 3.12. The summed E-state index contributed by atoms with van der Waals surface area (Å²) in [7, 11) is 1.48. The van der Waals surface area contributed by atoms with Gasteiger partial charge in [0.1, 0.15) is 5.75 Å². The number of hydrogen-bond donors (Lipinski definition) is 1. The number of carbonyl (C=O) groups excluding carboxylic acids is 4. The lowest BCUT2D eigenvalue weighted by atomic mass is 10.1. The van der Waals surface area contributed by atoms with Gasteiger partial charge in [-0.15, -0.1) is 0 Å². The molecular formula is C26H22N2O6. The molecule has 0 bridgehead atoms. The van der Waals surface area contributed by atoms with Gasteiger partial charge in [-0.05, 0) is 42.8 Å². The zero-order chi connectivity index (χ0) is 24.2. The fourth-order valence-electron chi connectivity index (χ4n) is 3.77. The van der Waals surface area contributed by atoms with Gasteiger partial charge in [-0.2, -0.15) is 0 Å². The lowest BCUT2D eigenvalue weighted by Crippen LogP contribution is -2.32. The van der Waals surface area contributed by atoms with Crippen LogP contribution in [0.1, 0.15) is 49.6 Å². The molecule has 0 radical (unpaired) electrons. The number of amides is 3. The summed E-state index contributed by atoms with van der Waals surface area (Å²) in [4.78, 5) is 51.8. The summed E-state index contributed by atoms with van der Waals surface area (Å²) in [6, 6.07) is 19.7. The van der Waals surface area contributed by atoms with Crippen LogP contribution < -0.4 is 10.1 Å². The summed E-state index contributed by atoms with van der Waals surface area (Å²) in [6.45, 7) is 1.24. The minimum Gasteiger partial charge on any atom is -0.495 e. The number of nitrogens with one attached hydrogen (secondary N) is 1. The fourth-order valence-corrected chi connectivity index (χ4v) is 3.77. The van der Waals surface area contributed by atoms with Crippen molar-refractivity contribution in [2.75, 3.05) is 19.0 Å². The van der Waals surface area contributed by atoms with Crippen molar-refractivity contribution in [2.45, 2.75) is 13.0 Å². The zero-order valence-electron chi connectivity index (χ0n) is 18.6. The Morgan fingerprint density at radius 3 is 2.32 bits per heavy atom. The van der Waals surface area contributed by atoms with E-state index in [-0.39, 0.29) is 16.7 Å². The van der Waals surface area contributed by atoms with Crippen LogP contribution in [0.5, 0.6) is 5.75 Å². The van der Waals surface area contributed by atoms with E-state index in [0.29, 0.717) is 11.4 Å². The highest BCUT2D eigenvalue weighted by Gasteiger charge is 2.39. The van der Waals surface area contributed by atoms with Crippen LogP contribution in [0.25, 0.3) is 0 Å². The van der Waals surface area contributed by atoms with E-state index >= 15 is 0 Å². The third kappa shape index (κ3) is 4.38. The highest BCUT2D eigenvalue weighted by atomic mass is 16.5. The second kappa shape index (κ2) is 9.58. The maximum absolute atomic E-state index is 13.0. The number of hydrogen-bond acceptors (Lipinski definition) is 6. The first kappa shape index (κ1) is 22.7. The van der Waals surface area contributed by atoms with Gasteiger partial charge in [0.25, 0.3) is 17.7 Å². The first-order valence-corrected chi connectivity index (χ1v) is 10.6. The Balaban J connectivity index is 1.44. The maximum Gasteiger partial charge on any atom is 0.338 e. The van der Waals surface area contributed by atoms with Crippen molar-refractivity contribution in [3.05, 3.63) is 95.1 Å². The number of anilines is 1. The molecule has 0 saturated carbocycles. The lowest BCUT2D eigenvalue weighted by molar-refractivity contribution is -0.119. The number of ether oxygens (including phenoxy) is 2. The molecule has 0 fully saturated rings. The number of benzene rings is 3. The molecule has 0 saturated heterocycles. The van der Waals surface area contributed by atoms with Gasteiger partial charge in [0.05, 0.1) is 35.5 Å². The van der Waals surface area contributed by atoms with Crippen molar-refractivity contribution >= 4 is 29.4 Å². The Hall–Kier alpha value is -4.46. The van der Waals surface area contributed by atoms with E-state index in [1.165, 1.54) is 30.2 Å². The van der Waals surface area contributed by atoms with Crippen molar-refractivity contribution in [1.82, 2.24) is 4.90 Å². The van der Waals surface area contributed by atoms with Crippen LogP contribution in [0.2, 0.25) is 0 Å². The predicted molar refractivity (Wildman–Crippen MR) is 124 cm³/mol. The molecule has 3 aromatic rings. The number of rotatable bonds is 7. The van der Waals surface area contributed by atoms with Gasteiger partial charge in [-0.3, -0.25) is 19.3 Å². The van der Waals surface area contributed by atoms with Gasteiger partial charge < -0.3 is 14.8 Å². The highest BCUT2D eigenvalue weighted by molar-refractivity contribution is 6.22. The molecule has 8 heteroatoms. The topological polar surface area (TPSA) is 102 Å². The molecule has 1 N–H and O–H groups in total. The fraction of sp³-hybridized carbons (Fsp3) is 0.154. The Bertz CT molecular complexity index is 1270. The van der Waals surface area contributed by atoms with Crippen LogP contribution in [0.3, 0.4) is 0 Å². The van der Waals surface area contributed by atoms with Gasteiger partial charge in [-0.25, -0.2) is 4.79 Å². The molecule has 1 aliphatic heterocycles. The first-order chi connectivity index (χ1) is 16.4. The van der Waals surface area contributed by atoms with E-state index in [2.05, 4.69) is 5.32 Å². The normalized spacial score (nSPS) is 13.3. The number of para-hydroxylation sites is 2. The second-order valence-electron chi connectivity index (χ2n) is 7.65. The Morgan fingerprint density at radius 1 is 0.912 bits per heavy atom. The number of nitrogens with zero attached hydrogens (tertiary/aromatic N) is 1. The van der Waals surface area contributed by atoms with Gasteiger partial charge >= 0.3 is 5.97 Å². The van der Waals surface area contributed by atoms with Crippen LogP contribution in [-0.2, 0) is 9.53 Å². The van der Waals surface area contributed by atoms with Crippen molar-refractivity contribution in [1.29, 1.82) is 0 Å². The Labute approximate surface area is 196 Å². The number of imide groups is 1. The summed E-state index contributed by atoms with van der Waals surface area (Å²) in [5.74, 6) is -1.77. The van der Waals surface area contributed by atoms with E-state index < -0.39 is 36.3 Å². The van der Waals surface area contributed by atoms with E-state index in [1.54, 1.807) is 31.2 Å². The molecule has 1 atom stereocenters.